The molecule has 0 saturated heterocycles. The molecule has 6 nitrogen and oxygen atoms in total. The number of ether oxygens (including phenoxy) is 2. The molecule has 4 aliphatic rings. The maximum atomic E-state index is 12.5. The monoisotopic (exact) mass is 461 g/mol. The summed E-state index contributed by atoms with van der Waals surface area (Å²) >= 11 is 0. The molecule has 1 amide bonds. The Kier molecular flexibility index (Phi) is 6.50. The van der Waals surface area contributed by atoms with Crippen molar-refractivity contribution < 1.29 is 23.9 Å². The van der Waals surface area contributed by atoms with Crippen LogP contribution in [0.15, 0.2) is 54.6 Å². The highest BCUT2D eigenvalue weighted by Gasteiger charge is 2.51. The minimum Gasteiger partial charge on any atom is -0.457 e. The molecule has 0 heterocycles. The molecule has 0 aliphatic heterocycles. The van der Waals surface area contributed by atoms with Crippen LogP contribution in [0.25, 0.3) is 0 Å². The van der Waals surface area contributed by atoms with E-state index in [4.69, 9.17) is 9.47 Å². The first-order chi connectivity index (χ1) is 16.5. The van der Waals surface area contributed by atoms with E-state index >= 15 is 0 Å². The molecule has 2 aromatic carbocycles. The average molecular weight is 462 g/mol. The van der Waals surface area contributed by atoms with Crippen molar-refractivity contribution in [1.82, 2.24) is 0 Å². The average Bonchev–Trinajstić information content (AvgIpc) is 2.81. The molecule has 2 aromatic rings. The van der Waals surface area contributed by atoms with E-state index in [1.807, 2.05) is 30.3 Å². The minimum atomic E-state index is -0.472. The molecule has 1 N–H and O–H groups in total. The summed E-state index contributed by atoms with van der Waals surface area (Å²) in [5, 5.41) is 2.71. The van der Waals surface area contributed by atoms with Crippen molar-refractivity contribution in [2.75, 3.05) is 11.9 Å². The van der Waals surface area contributed by atoms with Crippen LogP contribution in [0, 0.1) is 17.8 Å². The summed E-state index contributed by atoms with van der Waals surface area (Å²) in [7, 11) is 0. The number of carbonyl (C=O) groups is 3. The predicted octanol–water partition coefficient (Wildman–Crippen LogP) is 4.93. The van der Waals surface area contributed by atoms with Crippen LogP contribution in [-0.4, -0.2) is 29.9 Å². The van der Waals surface area contributed by atoms with Crippen LogP contribution in [0.2, 0.25) is 0 Å². The number of rotatable bonds is 9. The van der Waals surface area contributed by atoms with E-state index in [0.717, 1.165) is 42.6 Å². The molecule has 0 unspecified atom stereocenters. The molecular formula is C28H31NO5. The number of carbonyl (C=O) groups excluding carboxylic acids is 3. The molecule has 0 radical (unpaired) electrons. The molecule has 34 heavy (non-hydrogen) atoms. The van der Waals surface area contributed by atoms with Gasteiger partial charge in [-0.1, -0.05) is 36.4 Å². The summed E-state index contributed by atoms with van der Waals surface area (Å²) in [6.45, 7) is 0.167. The highest BCUT2D eigenvalue weighted by molar-refractivity contribution is 6.05. The van der Waals surface area contributed by atoms with E-state index in [9.17, 15) is 14.4 Å². The van der Waals surface area contributed by atoms with Crippen molar-refractivity contribution in [1.29, 1.82) is 0 Å². The summed E-state index contributed by atoms with van der Waals surface area (Å²) in [5.74, 6) is 1.14. The fraction of sp³-hybridized carbons (Fsp3) is 0.464. The van der Waals surface area contributed by atoms with E-state index in [0.29, 0.717) is 11.3 Å². The van der Waals surface area contributed by atoms with Crippen LogP contribution in [0.1, 0.15) is 60.9 Å². The molecule has 4 bridgehead atoms. The van der Waals surface area contributed by atoms with E-state index in [1.165, 1.54) is 19.3 Å². The van der Waals surface area contributed by atoms with Crippen LogP contribution in [0.4, 0.5) is 5.69 Å². The third kappa shape index (κ3) is 5.39. The van der Waals surface area contributed by atoms with Gasteiger partial charge in [-0.05, 0) is 80.0 Å². The van der Waals surface area contributed by atoms with Crippen molar-refractivity contribution >= 4 is 23.3 Å². The fourth-order valence-electron chi connectivity index (χ4n) is 6.41. The van der Waals surface area contributed by atoms with Gasteiger partial charge in [-0.3, -0.25) is 9.59 Å². The van der Waals surface area contributed by atoms with Crippen molar-refractivity contribution in [2.45, 2.75) is 57.2 Å². The first-order valence-electron chi connectivity index (χ1n) is 12.2. The number of hydrogen-bond donors (Lipinski definition) is 1. The summed E-state index contributed by atoms with van der Waals surface area (Å²) in [4.78, 5) is 37.3. The smallest absolute Gasteiger partial charge is 0.338 e. The summed E-state index contributed by atoms with van der Waals surface area (Å²) in [6.07, 6.45) is 6.89. The lowest BCUT2D eigenvalue weighted by atomic mass is 9.54. The van der Waals surface area contributed by atoms with Gasteiger partial charge in [0, 0.05) is 5.69 Å². The molecule has 4 fully saturated rings. The van der Waals surface area contributed by atoms with Gasteiger partial charge in [0.15, 0.2) is 5.78 Å². The zero-order valence-corrected chi connectivity index (χ0v) is 19.3. The minimum absolute atomic E-state index is 0.00850. The Hall–Kier alpha value is -2.99. The molecule has 0 spiro atoms. The quantitative estimate of drug-likeness (QED) is 0.423. The Morgan fingerprint density at radius 2 is 1.56 bits per heavy atom. The van der Waals surface area contributed by atoms with Gasteiger partial charge in [-0.25, -0.2) is 4.79 Å². The van der Waals surface area contributed by atoms with E-state index < -0.39 is 11.9 Å². The maximum Gasteiger partial charge on any atom is 0.338 e. The predicted molar refractivity (Wildman–Crippen MR) is 127 cm³/mol. The topological polar surface area (TPSA) is 81.7 Å². The van der Waals surface area contributed by atoms with Gasteiger partial charge in [0.25, 0.3) is 0 Å². The highest BCUT2D eigenvalue weighted by atomic mass is 16.5. The third-order valence-electron chi connectivity index (χ3n) is 7.47. The maximum absolute atomic E-state index is 12.5. The van der Waals surface area contributed by atoms with Crippen molar-refractivity contribution in [3.05, 3.63) is 65.7 Å². The Bertz CT molecular complexity index is 1030. The number of amides is 1. The van der Waals surface area contributed by atoms with Crippen LogP contribution in [0.5, 0.6) is 0 Å². The molecule has 4 aliphatic carbocycles. The first kappa shape index (κ1) is 22.8. The number of anilines is 1. The summed E-state index contributed by atoms with van der Waals surface area (Å²) in [5.41, 5.74) is 1.55. The van der Waals surface area contributed by atoms with E-state index in [1.54, 1.807) is 24.3 Å². The van der Waals surface area contributed by atoms with E-state index in [2.05, 4.69) is 5.32 Å². The first-order valence-corrected chi connectivity index (χ1v) is 12.2. The number of ketones is 1. The third-order valence-corrected chi connectivity index (χ3v) is 7.47. The van der Waals surface area contributed by atoms with Crippen LogP contribution >= 0.6 is 0 Å². The number of nitrogens with one attached hydrogen (secondary N) is 1. The molecule has 6 heteroatoms. The molecule has 0 atom stereocenters. The molecule has 178 valence electrons. The van der Waals surface area contributed by atoms with Crippen molar-refractivity contribution in [3.63, 3.8) is 0 Å². The lowest BCUT2D eigenvalue weighted by molar-refractivity contribution is -0.169. The Morgan fingerprint density at radius 3 is 2.24 bits per heavy atom. The number of benzene rings is 2. The summed E-state index contributed by atoms with van der Waals surface area (Å²) < 4.78 is 11.5. The highest BCUT2D eigenvalue weighted by Crippen LogP contribution is 2.57. The number of esters is 1. The van der Waals surface area contributed by atoms with Gasteiger partial charge < -0.3 is 14.8 Å². The summed E-state index contributed by atoms with van der Waals surface area (Å²) in [6, 6.07) is 16.0. The second-order valence-electron chi connectivity index (χ2n) is 10.3. The Balaban J connectivity index is 1.09. The number of Topliss-reactive ketones (excluding diaryl/α,β-unsaturated/α-hetero) is 1. The van der Waals surface area contributed by atoms with E-state index in [-0.39, 0.29) is 31.0 Å². The Labute approximate surface area is 200 Å². The van der Waals surface area contributed by atoms with Gasteiger partial charge in [-0.2, -0.15) is 0 Å². The standard InChI is InChI=1S/C28H31NO5/c30-25(18-34-28-14-20-9-21(15-28)11-22(10-20)16-28)13-26(31)29-24-8-4-7-23(12-24)27(32)33-17-19-5-2-1-3-6-19/h1-8,12,20-22H,9-11,13-18H2,(H,29,31). The van der Waals surface area contributed by atoms with Crippen LogP contribution < -0.4 is 5.32 Å². The lowest BCUT2D eigenvalue weighted by Gasteiger charge is -2.56. The fourth-order valence-corrected chi connectivity index (χ4v) is 6.41. The zero-order chi connectivity index (χ0) is 23.5. The van der Waals surface area contributed by atoms with Crippen LogP contribution in [-0.2, 0) is 25.7 Å². The molecule has 6 rings (SSSR count). The van der Waals surface area contributed by atoms with Crippen LogP contribution in [0.3, 0.4) is 0 Å². The van der Waals surface area contributed by atoms with Gasteiger partial charge in [-0.15, -0.1) is 0 Å². The zero-order valence-electron chi connectivity index (χ0n) is 19.3. The lowest BCUT2D eigenvalue weighted by Crippen LogP contribution is -2.52. The van der Waals surface area contributed by atoms with Crippen molar-refractivity contribution in [3.8, 4) is 0 Å². The normalized spacial score (nSPS) is 26.8. The van der Waals surface area contributed by atoms with Gasteiger partial charge >= 0.3 is 5.97 Å². The largest absolute Gasteiger partial charge is 0.457 e. The molecule has 0 aromatic heterocycles. The second-order valence-corrected chi connectivity index (χ2v) is 10.3. The number of hydrogen-bond acceptors (Lipinski definition) is 5. The van der Waals surface area contributed by atoms with Gasteiger partial charge in [0.1, 0.15) is 13.2 Å². The molecule has 4 saturated carbocycles. The SMILES string of the molecule is O=C(COC12CC3CC(CC(C3)C1)C2)CC(=O)Nc1cccc(C(=O)OCc2ccccc2)c1. The Morgan fingerprint density at radius 1 is 0.882 bits per heavy atom. The van der Waals surface area contributed by atoms with Crippen molar-refractivity contribution in [2.24, 2.45) is 17.8 Å². The van der Waals surface area contributed by atoms with Gasteiger partial charge in [0.2, 0.25) is 5.91 Å². The molecular weight excluding hydrogens is 430 g/mol. The second kappa shape index (κ2) is 9.71. The van der Waals surface area contributed by atoms with Gasteiger partial charge in [0.05, 0.1) is 17.6 Å².